The molecular weight excluding hydrogens is 112 g/mol. The first-order chi connectivity index (χ1) is 3.43. The summed E-state index contributed by atoms with van der Waals surface area (Å²) in [5.74, 6) is 0.726. The molecule has 1 rings (SSSR count). The minimum atomic E-state index is -0.162. The fourth-order valence-corrected chi connectivity index (χ4v) is 0.856. The van der Waals surface area contributed by atoms with Gasteiger partial charge in [0.1, 0.15) is 12.3 Å². The number of carbonyl (C=O) groups is 1. The van der Waals surface area contributed by atoms with Gasteiger partial charge in [-0.2, -0.15) is 5.11 Å². The maximum Gasteiger partial charge on any atom is 0.147 e. The summed E-state index contributed by atoms with van der Waals surface area (Å²) in [6, 6.07) is -0.162. The van der Waals surface area contributed by atoms with Crippen LogP contribution in [0, 0.1) is 0 Å². The second-order valence-corrected chi connectivity index (χ2v) is 1.95. The minimum absolute atomic E-state index is 0.162. The summed E-state index contributed by atoms with van der Waals surface area (Å²) in [6.45, 7) is 0. The zero-order valence-electron chi connectivity index (χ0n) is 3.57. The van der Waals surface area contributed by atoms with Crippen LogP contribution in [-0.4, -0.2) is 18.1 Å². The highest BCUT2D eigenvalue weighted by molar-refractivity contribution is 7.98. The van der Waals surface area contributed by atoms with Gasteiger partial charge in [-0.1, -0.05) is 0 Å². The summed E-state index contributed by atoms with van der Waals surface area (Å²) in [4.78, 5) is 9.84. The smallest absolute Gasteiger partial charge is 0.147 e. The molecule has 38 valence electrons. The first-order valence-corrected chi connectivity index (χ1v) is 2.85. The predicted molar refractivity (Wildman–Crippen MR) is 27.2 cm³/mol. The van der Waals surface area contributed by atoms with E-state index in [-0.39, 0.29) is 6.04 Å². The molecule has 0 amide bonds. The minimum Gasteiger partial charge on any atom is -0.301 e. The average molecular weight is 116 g/mol. The molecule has 1 unspecified atom stereocenters. The first kappa shape index (κ1) is 4.77. The van der Waals surface area contributed by atoms with E-state index in [1.165, 1.54) is 11.9 Å². The Kier molecular flexibility index (Phi) is 1.41. The second-order valence-electron chi connectivity index (χ2n) is 1.20. The maximum absolute atomic E-state index is 9.84. The van der Waals surface area contributed by atoms with Crippen molar-refractivity contribution in [2.75, 3.05) is 5.75 Å². The van der Waals surface area contributed by atoms with Gasteiger partial charge in [-0.05, 0) is 11.9 Å². The summed E-state index contributed by atoms with van der Waals surface area (Å²) < 4.78 is 3.55. The number of hydrogen-bond acceptors (Lipinski definition) is 4. The lowest BCUT2D eigenvalue weighted by atomic mass is 10.4. The van der Waals surface area contributed by atoms with Gasteiger partial charge in [0.25, 0.3) is 0 Å². The van der Waals surface area contributed by atoms with Crippen LogP contribution in [0.5, 0.6) is 0 Å². The van der Waals surface area contributed by atoms with Crippen molar-refractivity contribution in [1.29, 1.82) is 0 Å². The van der Waals surface area contributed by atoms with E-state index < -0.39 is 0 Å². The van der Waals surface area contributed by atoms with E-state index in [1.807, 2.05) is 0 Å². The van der Waals surface area contributed by atoms with Crippen molar-refractivity contribution in [1.82, 2.24) is 0 Å². The van der Waals surface area contributed by atoms with Crippen LogP contribution in [-0.2, 0) is 4.79 Å². The molecule has 0 aromatic carbocycles. The zero-order valence-corrected chi connectivity index (χ0v) is 4.39. The Hall–Kier alpha value is -0.380. The quantitative estimate of drug-likeness (QED) is 0.373. The van der Waals surface area contributed by atoms with Gasteiger partial charge < -0.3 is 4.79 Å². The Labute approximate surface area is 45.3 Å². The Morgan fingerprint density at radius 1 is 1.86 bits per heavy atom. The highest BCUT2D eigenvalue weighted by Crippen LogP contribution is 2.14. The lowest BCUT2D eigenvalue weighted by Gasteiger charge is -1.83. The Balaban J connectivity index is 2.42. The molecule has 0 aromatic heterocycles. The lowest BCUT2D eigenvalue weighted by molar-refractivity contribution is -0.108. The fourth-order valence-electron chi connectivity index (χ4n) is 0.303. The summed E-state index contributed by atoms with van der Waals surface area (Å²) in [5.41, 5.74) is 0. The molecule has 0 radical (unpaired) electrons. The van der Waals surface area contributed by atoms with Gasteiger partial charge >= 0.3 is 0 Å². The molecule has 0 fully saturated rings. The standard InChI is InChI=1S/C3H4N2OS/c6-1-3-2-7-5-4-3/h1,3H,2H2. The van der Waals surface area contributed by atoms with E-state index in [2.05, 4.69) is 9.63 Å². The Morgan fingerprint density at radius 3 is 3.00 bits per heavy atom. The summed E-state index contributed by atoms with van der Waals surface area (Å²) in [5, 5.41) is 3.57. The fraction of sp³-hybridized carbons (Fsp3) is 0.667. The number of carbonyl (C=O) groups excluding carboxylic acids is 1. The van der Waals surface area contributed by atoms with Crippen molar-refractivity contribution in [2.24, 2.45) is 9.63 Å². The van der Waals surface area contributed by atoms with Gasteiger partial charge in [0, 0.05) is 5.75 Å². The molecule has 0 aromatic rings. The summed E-state index contributed by atoms with van der Waals surface area (Å²) in [7, 11) is 0. The molecule has 0 saturated heterocycles. The van der Waals surface area contributed by atoms with Crippen molar-refractivity contribution >= 4 is 18.2 Å². The third-order valence-electron chi connectivity index (χ3n) is 0.656. The summed E-state index contributed by atoms with van der Waals surface area (Å²) in [6.07, 6.45) is 0.809. The monoisotopic (exact) mass is 116 g/mol. The largest absolute Gasteiger partial charge is 0.301 e. The van der Waals surface area contributed by atoms with Crippen LogP contribution in [0.3, 0.4) is 0 Å². The molecule has 7 heavy (non-hydrogen) atoms. The van der Waals surface area contributed by atoms with Crippen LogP contribution in [0.1, 0.15) is 0 Å². The van der Waals surface area contributed by atoms with Crippen molar-refractivity contribution in [2.45, 2.75) is 6.04 Å². The predicted octanol–water partition coefficient (Wildman–Crippen LogP) is 0.668. The van der Waals surface area contributed by atoms with Gasteiger partial charge in [-0.15, -0.1) is 4.52 Å². The molecule has 0 aliphatic carbocycles. The van der Waals surface area contributed by atoms with Crippen LogP contribution in [0.4, 0.5) is 0 Å². The Morgan fingerprint density at radius 2 is 2.71 bits per heavy atom. The number of nitrogens with zero attached hydrogens (tertiary/aromatic N) is 2. The van der Waals surface area contributed by atoms with Gasteiger partial charge in [-0.3, -0.25) is 0 Å². The van der Waals surface area contributed by atoms with E-state index in [4.69, 9.17) is 0 Å². The lowest BCUT2D eigenvalue weighted by Crippen LogP contribution is -2.02. The number of aldehydes is 1. The molecule has 0 spiro atoms. The van der Waals surface area contributed by atoms with E-state index >= 15 is 0 Å². The third-order valence-corrected chi connectivity index (χ3v) is 1.36. The topological polar surface area (TPSA) is 41.8 Å². The van der Waals surface area contributed by atoms with Gasteiger partial charge in [0.2, 0.25) is 0 Å². The van der Waals surface area contributed by atoms with Crippen molar-refractivity contribution in [3.05, 3.63) is 0 Å². The van der Waals surface area contributed by atoms with Crippen molar-refractivity contribution in [3.8, 4) is 0 Å². The third kappa shape index (κ3) is 0.991. The maximum atomic E-state index is 9.84. The van der Waals surface area contributed by atoms with E-state index in [0.29, 0.717) is 0 Å². The SMILES string of the molecule is O=CC1CSN=N1. The molecule has 4 heteroatoms. The molecule has 0 bridgehead atoms. The average Bonchev–Trinajstić information content (AvgIpc) is 2.14. The van der Waals surface area contributed by atoms with Crippen molar-refractivity contribution in [3.63, 3.8) is 0 Å². The van der Waals surface area contributed by atoms with Gasteiger partial charge in [0.05, 0.1) is 0 Å². The molecule has 1 aliphatic rings. The van der Waals surface area contributed by atoms with Crippen LogP contribution < -0.4 is 0 Å². The van der Waals surface area contributed by atoms with Gasteiger partial charge in [0.15, 0.2) is 0 Å². The second kappa shape index (κ2) is 2.07. The van der Waals surface area contributed by atoms with E-state index in [1.54, 1.807) is 0 Å². The van der Waals surface area contributed by atoms with Crippen LogP contribution in [0.25, 0.3) is 0 Å². The van der Waals surface area contributed by atoms with Crippen LogP contribution in [0.2, 0.25) is 0 Å². The Bertz CT molecular complexity index is 103. The number of hydrogen-bond donors (Lipinski definition) is 0. The number of rotatable bonds is 1. The zero-order chi connectivity index (χ0) is 5.11. The molecule has 0 N–H and O–H groups in total. The highest BCUT2D eigenvalue weighted by Gasteiger charge is 2.09. The van der Waals surface area contributed by atoms with Gasteiger partial charge in [-0.25, -0.2) is 0 Å². The molecular formula is C3H4N2OS. The van der Waals surface area contributed by atoms with Crippen LogP contribution in [0.15, 0.2) is 9.63 Å². The normalized spacial score (nSPS) is 28.3. The molecule has 1 atom stereocenters. The van der Waals surface area contributed by atoms with Crippen molar-refractivity contribution < 1.29 is 4.79 Å². The van der Waals surface area contributed by atoms with E-state index in [0.717, 1.165) is 12.0 Å². The molecule has 1 aliphatic heterocycles. The molecule has 0 saturated carbocycles. The van der Waals surface area contributed by atoms with Crippen LogP contribution >= 0.6 is 11.9 Å². The molecule has 3 nitrogen and oxygen atoms in total. The molecule has 1 heterocycles. The highest BCUT2D eigenvalue weighted by atomic mass is 32.2. The summed E-state index contributed by atoms with van der Waals surface area (Å²) >= 11 is 1.33. The first-order valence-electron chi connectivity index (χ1n) is 1.91. The van der Waals surface area contributed by atoms with E-state index in [9.17, 15) is 4.79 Å².